The van der Waals surface area contributed by atoms with Crippen LogP contribution in [0.4, 0.5) is 5.69 Å². The fourth-order valence-corrected chi connectivity index (χ4v) is 2.57. The van der Waals surface area contributed by atoms with Crippen LogP contribution >= 0.6 is 23.2 Å². The maximum absolute atomic E-state index is 8.99. The normalized spacial score (nSPS) is 24.5. The molecule has 84 valence electrons. The Bertz CT molecular complexity index is 439. The SMILES string of the molecule is CC1C(C#N)CCN1c1cccc(Cl)c1Cl. The Morgan fingerprint density at radius 3 is 2.81 bits per heavy atom. The molecule has 0 spiro atoms. The van der Waals surface area contributed by atoms with Gasteiger partial charge in [0.25, 0.3) is 0 Å². The summed E-state index contributed by atoms with van der Waals surface area (Å²) in [6.07, 6.45) is 0.889. The van der Waals surface area contributed by atoms with Crippen molar-refractivity contribution in [3.8, 4) is 6.07 Å². The van der Waals surface area contributed by atoms with Gasteiger partial charge in [-0.05, 0) is 25.5 Å². The van der Waals surface area contributed by atoms with E-state index < -0.39 is 0 Å². The van der Waals surface area contributed by atoms with Gasteiger partial charge in [-0.15, -0.1) is 0 Å². The van der Waals surface area contributed by atoms with Gasteiger partial charge < -0.3 is 4.90 Å². The lowest BCUT2D eigenvalue weighted by molar-refractivity contribution is 0.615. The van der Waals surface area contributed by atoms with Crippen LogP contribution in [0.1, 0.15) is 13.3 Å². The van der Waals surface area contributed by atoms with Gasteiger partial charge in [0.05, 0.1) is 27.7 Å². The van der Waals surface area contributed by atoms with Crippen LogP contribution < -0.4 is 4.90 Å². The van der Waals surface area contributed by atoms with Crippen LogP contribution in [0.5, 0.6) is 0 Å². The first kappa shape index (κ1) is 11.6. The lowest BCUT2D eigenvalue weighted by atomic mass is 10.0. The van der Waals surface area contributed by atoms with Crippen LogP contribution in [0, 0.1) is 17.2 Å². The Labute approximate surface area is 105 Å². The minimum atomic E-state index is 0.0787. The van der Waals surface area contributed by atoms with Gasteiger partial charge in [0.2, 0.25) is 0 Å². The highest BCUT2D eigenvalue weighted by Crippen LogP contribution is 2.37. The molecule has 0 bridgehead atoms. The largest absolute Gasteiger partial charge is 0.366 e. The summed E-state index contributed by atoms with van der Waals surface area (Å²) in [5.41, 5.74) is 0.930. The van der Waals surface area contributed by atoms with Crippen LogP contribution in [-0.4, -0.2) is 12.6 Å². The zero-order valence-corrected chi connectivity index (χ0v) is 10.5. The molecule has 0 radical (unpaired) electrons. The second-order valence-corrected chi connectivity index (χ2v) is 4.82. The van der Waals surface area contributed by atoms with Crippen molar-refractivity contribution in [1.82, 2.24) is 0 Å². The van der Waals surface area contributed by atoms with E-state index in [1.807, 2.05) is 12.1 Å². The van der Waals surface area contributed by atoms with Crippen molar-refractivity contribution >= 4 is 28.9 Å². The third kappa shape index (κ3) is 1.86. The van der Waals surface area contributed by atoms with Gasteiger partial charge in [-0.2, -0.15) is 5.26 Å². The summed E-state index contributed by atoms with van der Waals surface area (Å²) in [6, 6.07) is 8.13. The molecule has 0 amide bonds. The van der Waals surface area contributed by atoms with E-state index in [2.05, 4.69) is 17.9 Å². The van der Waals surface area contributed by atoms with E-state index in [1.54, 1.807) is 6.07 Å². The monoisotopic (exact) mass is 254 g/mol. The number of anilines is 1. The number of nitrogens with zero attached hydrogens (tertiary/aromatic N) is 2. The Morgan fingerprint density at radius 2 is 2.19 bits per heavy atom. The Morgan fingerprint density at radius 1 is 1.44 bits per heavy atom. The van der Waals surface area contributed by atoms with Crippen molar-refractivity contribution in [2.75, 3.05) is 11.4 Å². The predicted octanol–water partition coefficient (Wildman–Crippen LogP) is 3.73. The average molecular weight is 255 g/mol. The molecule has 0 saturated carbocycles. The predicted molar refractivity (Wildman–Crippen MR) is 67.0 cm³/mol. The van der Waals surface area contributed by atoms with Gasteiger partial charge in [-0.25, -0.2) is 0 Å². The first-order valence-corrected chi connectivity index (χ1v) is 6.01. The lowest BCUT2D eigenvalue weighted by Crippen LogP contribution is -2.29. The Balaban J connectivity index is 2.33. The van der Waals surface area contributed by atoms with E-state index in [1.165, 1.54) is 0 Å². The molecular weight excluding hydrogens is 243 g/mol. The molecule has 2 nitrogen and oxygen atoms in total. The average Bonchev–Trinajstić information content (AvgIpc) is 2.64. The number of nitriles is 1. The van der Waals surface area contributed by atoms with Crippen molar-refractivity contribution in [3.63, 3.8) is 0 Å². The highest BCUT2D eigenvalue weighted by Gasteiger charge is 2.31. The fraction of sp³-hybridized carbons (Fsp3) is 0.417. The highest BCUT2D eigenvalue weighted by atomic mass is 35.5. The fourth-order valence-electron chi connectivity index (χ4n) is 2.17. The molecule has 2 atom stereocenters. The standard InChI is InChI=1S/C12H12Cl2N2/c1-8-9(7-15)5-6-16(8)11-4-2-3-10(13)12(11)14/h2-4,8-9H,5-6H2,1H3. The highest BCUT2D eigenvalue weighted by molar-refractivity contribution is 6.43. The van der Waals surface area contributed by atoms with Gasteiger partial charge in [-0.3, -0.25) is 0 Å². The van der Waals surface area contributed by atoms with Gasteiger partial charge in [0.1, 0.15) is 0 Å². The molecule has 1 aromatic rings. The molecule has 1 saturated heterocycles. The summed E-state index contributed by atoms with van der Waals surface area (Å²) in [4.78, 5) is 2.15. The summed E-state index contributed by atoms with van der Waals surface area (Å²) >= 11 is 12.2. The molecule has 1 aliphatic rings. The smallest absolute Gasteiger partial charge is 0.0825 e. The molecule has 1 aromatic carbocycles. The van der Waals surface area contributed by atoms with Crippen LogP contribution in [0.15, 0.2) is 18.2 Å². The quantitative estimate of drug-likeness (QED) is 0.764. The zero-order chi connectivity index (χ0) is 11.7. The molecule has 4 heteroatoms. The zero-order valence-electron chi connectivity index (χ0n) is 8.95. The number of benzene rings is 1. The van der Waals surface area contributed by atoms with Crippen LogP contribution in [0.2, 0.25) is 10.0 Å². The lowest BCUT2D eigenvalue weighted by Gasteiger charge is -2.26. The number of hydrogen-bond acceptors (Lipinski definition) is 2. The second kappa shape index (κ2) is 4.53. The van der Waals surface area contributed by atoms with E-state index in [0.29, 0.717) is 10.0 Å². The summed E-state index contributed by atoms with van der Waals surface area (Å²) in [5, 5.41) is 10.1. The van der Waals surface area contributed by atoms with Crippen LogP contribution in [0.25, 0.3) is 0 Å². The summed E-state index contributed by atoms with van der Waals surface area (Å²) < 4.78 is 0. The van der Waals surface area contributed by atoms with E-state index in [4.69, 9.17) is 28.5 Å². The molecule has 0 aliphatic carbocycles. The van der Waals surface area contributed by atoms with Gasteiger partial charge >= 0.3 is 0 Å². The maximum atomic E-state index is 8.99. The molecule has 0 aromatic heterocycles. The van der Waals surface area contributed by atoms with Crippen molar-refractivity contribution < 1.29 is 0 Å². The third-order valence-electron chi connectivity index (χ3n) is 3.16. The Kier molecular flexibility index (Phi) is 3.28. The van der Waals surface area contributed by atoms with E-state index in [0.717, 1.165) is 18.7 Å². The molecule has 16 heavy (non-hydrogen) atoms. The topological polar surface area (TPSA) is 27.0 Å². The molecule has 1 aliphatic heterocycles. The first-order valence-electron chi connectivity index (χ1n) is 5.25. The molecule has 2 unspecified atom stereocenters. The maximum Gasteiger partial charge on any atom is 0.0825 e. The van der Waals surface area contributed by atoms with Gasteiger partial charge in [0, 0.05) is 12.6 Å². The van der Waals surface area contributed by atoms with Gasteiger partial charge in [-0.1, -0.05) is 29.3 Å². The number of halogens is 2. The number of hydrogen-bond donors (Lipinski definition) is 0. The van der Waals surface area contributed by atoms with Crippen LogP contribution in [0.3, 0.4) is 0 Å². The van der Waals surface area contributed by atoms with Crippen molar-refractivity contribution in [1.29, 1.82) is 5.26 Å². The third-order valence-corrected chi connectivity index (χ3v) is 3.97. The van der Waals surface area contributed by atoms with Gasteiger partial charge in [0.15, 0.2) is 0 Å². The summed E-state index contributed by atoms with van der Waals surface area (Å²) in [6.45, 7) is 2.91. The van der Waals surface area contributed by atoms with E-state index in [-0.39, 0.29) is 12.0 Å². The molecule has 2 rings (SSSR count). The van der Waals surface area contributed by atoms with Crippen molar-refractivity contribution in [2.24, 2.45) is 5.92 Å². The summed E-state index contributed by atoms with van der Waals surface area (Å²) in [5.74, 6) is 0.0787. The molecule has 1 fully saturated rings. The Hall–Kier alpha value is -0.910. The van der Waals surface area contributed by atoms with E-state index >= 15 is 0 Å². The minimum absolute atomic E-state index is 0.0787. The van der Waals surface area contributed by atoms with Crippen molar-refractivity contribution in [3.05, 3.63) is 28.2 Å². The van der Waals surface area contributed by atoms with E-state index in [9.17, 15) is 0 Å². The molecule has 1 heterocycles. The molecule has 0 N–H and O–H groups in total. The van der Waals surface area contributed by atoms with Crippen molar-refractivity contribution in [2.45, 2.75) is 19.4 Å². The minimum Gasteiger partial charge on any atom is -0.366 e. The first-order chi connectivity index (χ1) is 7.65. The summed E-state index contributed by atoms with van der Waals surface area (Å²) in [7, 11) is 0. The second-order valence-electron chi connectivity index (χ2n) is 4.03. The van der Waals surface area contributed by atoms with Crippen LogP contribution in [-0.2, 0) is 0 Å². The number of rotatable bonds is 1. The molecular formula is C12H12Cl2N2.